The van der Waals surface area contributed by atoms with Gasteiger partial charge in [0.15, 0.2) is 5.54 Å². The van der Waals surface area contributed by atoms with Crippen LogP contribution in [0.15, 0.2) is 22.9 Å². The average Bonchev–Trinajstić information content (AvgIpc) is 2.61. The van der Waals surface area contributed by atoms with Gasteiger partial charge >= 0.3 is 0 Å². The van der Waals surface area contributed by atoms with Crippen LogP contribution in [0.5, 0.6) is 0 Å². The van der Waals surface area contributed by atoms with E-state index in [0.717, 1.165) is 13.1 Å². The van der Waals surface area contributed by atoms with Crippen molar-refractivity contribution >= 4 is 0 Å². The van der Waals surface area contributed by atoms with Crippen molar-refractivity contribution in [2.24, 2.45) is 16.1 Å². The number of nitriles is 1. The van der Waals surface area contributed by atoms with Crippen molar-refractivity contribution in [3.05, 3.63) is 12.7 Å². The Hall–Kier alpha value is -1.21. The Morgan fingerprint density at radius 2 is 2.62 bits per heavy atom. The molecule has 0 radical (unpaired) electrons. The van der Waals surface area contributed by atoms with Gasteiger partial charge in [-0.3, -0.25) is 4.90 Å². The second-order valence-electron chi connectivity index (χ2n) is 3.64. The molecule has 0 unspecified atom stereocenters. The summed E-state index contributed by atoms with van der Waals surface area (Å²) in [6.45, 7) is 6.88. The molecule has 0 aromatic carbocycles. The third-order valence-electron chi connectivity index (χ3n) is 2.75. The van der Waals surface area contributed by atoms with Crippen molar-refractivity contribution in [1.29, 1.82) is 5.26 Å². The molecule has 68 valence electrons. The Bertz CT molecular complexity index is 290. The fourth-order valence-electron chi connectivity index (χ4n) is 2.06. The predicted molar refractivity (Wildman–Crippen MR) is 48.2 cm³/mol. The maximum atomic E-state index is 9.06. The lowest BCUT2D eigenvalue weighted by Gasteiger charge is -2.14. The van der Waals surface area contributed by atoms with Crippen LogP contribution in [-0.2, 0) is 0 Å². The normalized spacial score (nSPS) is 37.3. The fraction of sp³-hybridized carbons (Fsp3) is 0.667. The molecule has 2 rings (SSSR count). The minimum Gasteiger partial charge on any atom is -0.296 e. The molecule has 1 fully saturated rings. The van der Waals surface area contributed by atoms with Crippen LogP contribution in [0.4, 0.5) is 0 Å². The van der Waals surface area contributed by atoms with Gasteiger partial charge in [-0.05, 0) is 0 Å². The average molecular weight is 176 g/mol. The fourth-order valence-corrected chi connectivity index (χ4v) is 2.06. The molecule has 0 aliphatic carbocycles. The summed E-state index contributed by atoms with van der Waals surface area (Å²) in [6.07, 6.45) is 1.86. The largest absolute Gasteiger partial charge is 0.296 e. The number of rotatable bonds is 2. The highest BCUT2D eigenvalue weighted by molar-refractivity contribution is 5.19. The molecular weight excluding hydrogens is 164 g/mol. The number of nitrogens with zero attached hydrogens (tertiary/aromatic N) is 4. The van der Waals surface area contributed by atoms with E-state index in [1.54, 1.807) is 0 Å². The number of fused-ring (bicyclic) bond motifs is 1. The van der Waals surface area contributed by atoms with Crippen LogP contribution >= 0.6 is 0 Å². The van der Waals surface area contributed by atoms with Gasteiger partial charge in [0.2, 0.25) is 0 Å². The minimum atomic E-state index is -0.539. The van der Waals surface area contributed by atoms with Gasteiger partial charge in [0, 0.05) is 25.6 Å². The summed E-state index contributed by atoms with van der Waals surface area (Å²) in [4.78, 5) is 2.21. The van der Waals surface area contributed by atoms with Crippen LogP contribution in [0.1, 0.15) is 0 Å². The first-order valence-electron chi connectivity index (χ1n) is 4.44. The van der Waals surface area contributed by atoms with Gasteiger partial charge in [0.1, 0.15) is 0 Å². The van der Waals surface area contributed by atoms with E-state index < -0.39 is 5.54 Å². The highest BCUT2D eigenvalue weighted by Crippen LogP contribution is 2.35. The van der Waals surface area contributed by atoms with E-state index in [4.69, 9.17) is 5.26 Å². The van der Waals surface area contributed by atoms with Crippen LogP contribution < -0.4 is 0 Å². The zero-order chi connectivity index (χ0) is 9.31. The third-order valence-corrected chi connectivity index (χ3v) is 2.75. The maximum absolute atomic E-state index is 9.06. The summed E-state index contributed by atoms with van der Waals surface area (Å²) in [5.41, 5.74) is -0.539. The zero-order valence-corrected chi connectivity index (χ0v) is 7.48. The Kier molecular flexibility index (Phi) is 1.89. The standard InChI is InChI=1S/C9H12N4/c1-2-3-13-5-8-4-11-12-9(8,6-10)7-13/h2,8H,1,3-5,7H2/t8-,9+/m0/s1. The number of azo groups is 1. The number of hydrogen-bond acceptors (Lipinski definition) is 4. The Morgan fingerprint density at radius 1 is 1.77 bits per heavy atom. The predicted octanol–water partition coefficient (Wildman–Crippen LogP) is 0.832. The van der Waals surface area contributed by atoms with E-state index in [1.165, 1.54) is 0 Å². The Balaban J connectivity index is 2.14. The monoisotopic (exact) mass is 176 g/mol. The topological polar surface area (TPSA) is 51.8 Å². The lowest BCUT2D eigenvalue weighted by molar-refractivity contribution is 0.352. The molecule has 0 N–H and O–H groups in total. The molecule has 0 aromatic heterocycles. The van der Waals surface area contributed by atoms with Gasteiger partial charge in [-0.1, -0.05) is 6.08 Å². The lowest BCUT2D eigenvalue weighted by atomic mass is 9.91. The van der Waals surface area contributed by atoms with Gasteiger partial charge in [-0.2, -0.15) is 15.5 Å². The maximum Gasteiger partial charge on any atom is 0.185 e. The highest BCUT2D eigenvalue weighted by atomic mass is 15.3. The van der Waals surface area contributed by atoms with Crippen molar-refractivity contribution in [2.75, 3.05) is 26.2 Å². The van der Waals surface area contributed by atoms with E-state index in [2.05, 4.69) is 27.8 Å². The van der Waals surface area contributed by atoms with Gasteiger partial charge < -0.3 is 0 Å². The second kappa shape index (κ2) is 2.93. The molecule has 2 aliphatic heterocycles. The summed E-state index contributed by atoms with van der Waals surface area (Å²) in [6, 6.07) is 2.29. The Morgan fingerprint density at radius 3 is 3.23 bits per heavy atom. The summed E-state index contributed by atoms with van der Waals surface area (Å²) >= 11 is 0. The Labute approximate surface area is 77.6 Å². The molecule has 0 saturated carbocycles. The van der Waals surface area contributed by atoms with Crippen molar-refractivity contribution in [2.45, 2.75) is 5.54 Å². The molecule has 0 amide bonds. The minimum absolute atomic E-state index is 0.303. The van der Waals surface area contributed by atoms with E-state index in [0.29, 0.717) is 19.0 Å². The molecule has 4 nitrogen and oxygen atoms in total. The molecule has 0 aromatic rings. The third kappa shape index (κ3) is 1.16. The van der Waals surface area contributed by atoms with Crippen molar-refractivity contribution < 1.29 is 0 Å². The van der Waals surface area contributed by atoms with E-state index in [-0.39, 0.29) is 0 Å². The van der Waals surface area contributed by atoms with Crippen LogP contribution in [0.3, 0.4) is 0 Å². The molecule has 13 heavy (non-hydrogen) atoms. The van der Waals surface area contributed by atoms with Crippen molar-refractivity contribution in [3.63, 3.8) is 0 Å². The number of hydrogen-bond donors (Lipinski definition) is 0. The molecule has 2 heterocycles. The van der Waals surface area contributed by atoms with Crippen molar-refractivity contribution in [3.8, 4) is 6.07 Å². The van der Waals surface area contributed by atoms with E-state index >= 15 is 0 Å². The van der Waals surface area contributed by atoms with Crippen LogP contribution in [0, 0.1) is 17.2 Å². The van der Waals surface area contributed by atoms with Gasteiger partial charge in [0.25, 0.3) is 0 Å². The van der Waals surface area contributed by atoms with E-state index in [1.807, 2.05) is 6.08 Å². The van der Waals surface area contributed by atoms with Gasteiger partial charge in [-0.25, -0.2) is 0 Å². The van der Waals surface area contributed by atoms with Gasteiger partial charge in [-0.15, -0.1) is 6.58 Å². The highest BCUT2D eigenvalue weighted by Gasteiger charge is 2.50. The summed E-state index contributed by atoms with van der Waals surface area (Å²) in [5, 5.41) is 17.1. The molecule has 1 saturated heterocycles. The lowest BCUT2D eigenvalue weighted by Crippen LogP contribution is -2.32. The first-order valence-corrected chi connectivity index (χ1v) is 4.44. The molecule has 2 atom stereocenters. The van der Waals surface area contributed by atoms with Crippen LogP contribution in [0.25, 0.3) is 0 Å². The van der Waals surface area contributed by atoms with Crippen LogP contribution in [0.2, 0.25) is 0 Å². The second-order valence-corrected chi connectivity index (χ2v) is 3.64. The molecular formula is C9H12N4. The van der Waals surface area contributed by atoms with Gasteiger partial charge in [0.05, 0.1) is 12.6 Å². The summed E-state index contributed by atoms with van der Waals surface area (Å²) in [7, 11) is 0. The molecule has 0 bridgehead atoms. The molecule has 4 heteroatoms. The number of likely N-dealkylation sites (tertiary alicyclic amines) is 1. The summed E-state index contributed by atoms with van der Waals surface area (Å²) in [5.74, 6) is 0.303. The van der Waals surface area contributed by atoms with Crippen LogP contribution in [-0.4, -0.2) is 36.6 Å². The zero-order valence-electron chi connectivity index (χ0n) is 7.48. The first-order chi connectivity index (χ1) is 6.30. The summed E-state index contributed by atoms with van der Waals surface area (Å²) < 4.78 is 0. The quantitative estimate of drug-likeness (QED) is 0.585. The van der Waals surface area contributed by atoms with E-state index in [9.17, 15) is 0 Å². The van der Waals surface area contributed by atoms with Crippen molar-refractivity contribution in [1.82, 2.24) is 4.90 Å². The molecule has 0 spiro atoms. The smallest absolute Gasteiger partial charge is 0.185 e. The molecule has 2 aliphatic rings. The first kappa shape index (κ1) is 8.39. The SMILES string of the molecule is C=CCN1C[C@@H]2CN=N[C@]2(C#N)C1.